The van der Waals surface area contributed by atoms with Crippen LogP contribution in [0.15, 0.2) is 60.1 Å². The third kappa shape index (κ3) is 2.70. The average Bonchev–Trinajstić information content (AvgIpc) is 3.22. The molecule has 2 aromatic carbocycles. The number of rotatable bonds is 3. The van der Waals surface area contributed by atoms with Gasteiger partial charge in [0.15, 0.2) is 5.13 Å². The van der Waals surface area contributed by atoms with E-state index in [0.717, 1.165) is 27.7 Å². The third-order valence-electron chi connectivity index (χ3n) is 3.90. The summed E-state index contributed by atoms with van der Waals surface area (Å²) in [5, 5.41) is 6.55. The van der Waals surface area contributed by atoms with Crippen LogP contribution in [0.25, 0.3) is 22.2 Å². The molecule has 4 nitrogen and oxygen atoms in total. The van der Waals surface area contributed by atoms with Crippen LogP contribution in [-0.2, 0) is 0 Å². The smallest absolute Gasteiger partial charge is 0.257 e. The van der Waals surface area contributed by atoms with E-state index < -0.39 is 0 Å². The standard InChI is InChI=1S/C19H15N3OS/c1-12-6-8-13(9-7-12)18(23)22-19-21-17(11-24-19)15-10-20-16-5-3-2-4-14(15)16/h2-11,20H,1H3,(H,21,22,23). The van der Waals surface area contributed by atoms with Gasteiger partial charge in [-0.05, 0) is 25.1 Å². The maximum atomic E-state index is 12.3. The van der Waals surface area contributed by atoms with Gasteiger partial charge in [-0.25, -0.2) is 4.98 Å². The number of carbonyl (C=O) groups excluding carboxylic acids is 1. The Hall–Kier alpha value is -2.92. The molecule has 0 radical (unpaired) electrons. The Kier molecular flexibility index (Phi) is 3.63. The Morgan fingerprint density at radius 1 is 1.12 bits per heavy atom. The van der Waals surface area contributed by atoms with Crippen molar-refractivity contribution in [1.29, 1.82) is 0 Å². The van der Waals surface area contributed by atoms with E-state index in [1.54, 1.807) is 0 Å². The van der Waals surface area contributed by atoms with Crippen LogP contribution in [0.4, 0.5) is 5.13 Å². The van der Waals surface area contributed by atoms with E-state index in [1.807, 2.05) is 61.0 Å². The van der Waals surface area contributed by atoms with Crippen molar-refractivity contribution in [1.82, 2.24) is 9.97 Å². The fraction of sp³-hybridized carbons (Fsp3) is 0.0526. The zero-order valence-electron chi connectivity index (χ0n) is 13.0. The molecule has 118 valence electrons. The zero-order chi connectivity index (χ0) is 16.5. The summed E-state index contributed by atoms with van der Waals surface area (Å²) in [6.07, 6.45) is 1.95. The van der Waals surface area contributed by atoms with Crippen LogP contribution < -0.4 is 5.32 Å². The van der Waals surface area contributed by atoms with Gasteiger partial charge in [-0.1, -0.05) is 35.9 Å². The van der Waals surface area contributed by atoms with Crippen LogP contribution in [0.2, 0.25) is 0 Å². The van der Waals surface area contributed by atoms with Crippen molar-refractivity contribution in [2.75, 3.05) is 5.32 Å². The summed E-state index contributed by atoms with van der Waals surface area (Å²) in [6.45, 7) is 2.00. The Morgan fingerprint density at radius 2 is 1.92 bits per heavy atom. The number of hydrogen-bond donors (Lipinski definition) is 2. The van der Waals surface area contributed by atoms with Crippen LogP contribution >= 0.6 is 11.3 Å². The first kappa shape index (κ1) is 14.7. The SMILES string of the molecule is Cc1ccc(C(=O)Nc2nc(-c3c[nH]c4ccccc34)cs2)cc1. The van der Waals surface area contributed by atoms with Gasteiger partial charge in [-0.2, -0.15) is 0 Å². The second kappa shape index (κ2) is 5.94. The lowest BCUT2D eigenvalue weighted by Gasteiger charge is -2.02. The number of amides is 1. The van der Waals surface area contributed by atoms with Gasteiger partial charge < -0.3 is 4.98 Å². The first-order valence-corrected chi connectivity index (χ1v) is 8.49. The molecule has 0 aliphatic heterocycles. The van der Waals surface area contributed by atoms with E-state index in [9.17, 15) is 4.79 Å². The Morgan fingerprint density at radius 3 is 2.75 bits per heavy atom. The van der Waals surface area contributed by atoms with Crippen molar-refractivity contribution >= 4 is 33.3 Å². The minimum absolute atomic E-state index is 0.144. The lowest BCUT2D eigenvalue weighted by Crippen LogP contribution is -2.11. The lowest BCUT2D eigenvalue weighted by molar-refractivity contribution is 0.102. The molecule has 0 saturated heterocycles. The number of aryl methyl sites for hydroxylation is 1. The van der Waals surface area contributed by atoms with Gasteiger partial charge in [-0.15, -0.1) is 11.3 Å². The molecule has 5 heteroatoms. The molecule has 0 atom stereocenters. The number of aromatic amines is 1. The molecule has 4 rings (SSSR count). The molecule has 1 amide bonds. The Labute approximate surface area is 143 Å². The number of fused-ring (bicyclic) bond motifs is 1. The van der Waals surface area contributed by atoms with Gasteiger partial charge in [-0.3, -0.25) is 10.1 Å². The van der Waals surface area contributed by atoms with Crippen molar-refractivity contribution in [3.8, 4) is 11.3 Å². The molecule has 0 saturated carbocycles. The highest BCUT2D eigenvalue weighted by atomic mass is 32.1. The number of nitrogens with one attached hydrogen (secondary N) is 2. The molecule has 24 heavy (non-hydrogen) atoms. The summed E-state index contributed by atoms with van der Waals surface area (Å²) in [4.78, 5) is 20.1. The molecular formula is C19H15N3OS. The normalized spacial score (nSPS) is 10.9. The van der Waals surface area contributed by atoms with E-state index in [1.165, 1.54) is 11.3 Å². The van der Waals surface area contributed by atoms with E-state index >= 15 is 0 Å². The Balaban J connectivity index is 1.59. The topological polar surface area (TPSA) is 57.8 Å². The van der Waals surface area contributed by atoms with Crippen LogP contribution in [0.3, 0.4) is 0 Å². The number of carbonyl (C=O) groups is 1. The fourth-order valence-corrected chi connectivity index (χ4v) is 3.32. The van der Waals surface area contributed by atoms with Crippen molar-refractivity contribution in [2.24, 2.45) is 0 Å². The molecule has 0 fully saturated rings. The molecular weight excluding hydrogens is 318 g/mol. The first-order valence-electron chi connectivity index (χ1n) is 7.61. The molecule has 0 aliphatic carbocycles. The Bertz CT molecular complexity index is 1010. The van der Waals surface area contributed by atoms with Crippen molar-refractivity contribution < 1.29 is 4.79 Å². The predicted molar refractivity (Wildman–Crippen MR) is 98.5 cm³/mol. The summed E-state index contributed by atoms with van der Waals surface area (Å²) in [5.74, 6) is -0.144. The predicted octanol–water partition coefficient (Wildman–Crippen LogP) is 4.85. The quantitative estimate of drug-likeness (QED) is 0.563. The monoisotopic (exact) mass is 333 g/mol. The summed E-state index contributed by atoms with van der Waals surface area (Å²) in [5.41, 5.74) is 4.73. The highest BCUT2D eigenvalue weighted by molar-refractivity contribution is 7.14. The van der Waals surface area contributed by atoms with Crippen molar-refractivity contribution in [2.45, 2.75) is 6.92 Å². The van der Waals surface area contributed by atoms with E-state index in [4.69, 9.17) is 0 Å². The minimum Gasteiger partial charge on any atom is -0.360 e. The number of benzene rings is 2. The third-order valence-corrected chi connectivity index (χ3v) is 4.66. The maximum absolute atomic E-state index is 12.3. The molecule has 0 spiro atoms. The first-order chi connectivity index (χ1) is 11.7. The molecule has 0 bridgehead atoms. The van der Waals surface area contributed by atoms with Gasteiger partial charge >= 0.3 is 0 Å². The lowest BCUT2D eigenvalue weighted by atomic mass is 10.1. The van der Waals surface area contributed by atoms with Gasteiger partial charge in [0.05, 0.1) is 5.69 Å². The molecule has 0 aliphatic rings. The number of aromatic nitrogens is 2. The van der Waals surface area contributed by atoms with Crippen molar-refractivity contribution in [3.63, 3.8) is 0 Å². The van der Waals surface area contributed by atoms with E-state index in [0.29, 0.717) is 10.7 Å². The molecule has 4 aromatic rings. The largest absolute Gasteiger partial charge is 0.360 e. The van der Waals surface area contributed by atoms with Gasteiger partial charge in [0.25, 0.3) is 5.91 Å². The number of para-hydroxylation sites is 1. The fourth-order valence-electron chi connectivity index (χ4n) is 2.61. The van der Waals surface area contributed by atoms with Crippen LogP contribution in [0.5, 0.6) is 0 Å². The summed E-state index contributed by atoms with van der Waals surface area (Å²) in [6, 6.07) is 15.6. The highest BCUT2D eigenvalue weighted by Gasteiger charge is 2.12. The van der Waals surface area contributed by atoms with Crippen molar-refractivity contribution in [3.05, 3.63) is 71.2 Å². The second-order valence-corrected chi connectivity index (χ2v) is 6.46. The van der Waals surface area contributed by atoms with Crippen LogP contribution in [0.1, 0.15) is 15.9 Å². The van der Waals surface area contributed by atoms with E-state index in [2.05, 4.69) is 21.4 Å². The minimum atomic E-state index is -0.144. The average molecular weight is 333 g/mol. The zero-order valence-corrected chi connectivity index (χ0v) is 13.9. The molecule has 0 unspecified atom stereocenters. The summed E-state index contributed by atoms with van der Waals surface area (Å²) >= 11 is 1.43. The van der Waals surface area contributed by atoms with Gasteiger partial charge in [0, 0.05) is 33.6 Å². The number of H-pyrrole nitrogens is 1. The van der Waals surface area contributed by atoms with Crippen LogP contribution in [0, 0.1) is 6.92 Å². The summed E-state index contributed by atoms with van der Waals surface area (Å²) < 4.78 is 0. The number of thiazole rings is 1. The number of hydrogen-bond acceptors (Lipinski definition) is 3. The number of anilines is 1. The van der Waals surface area contributed by atoms with Gasteiger partial charge in [0.2, 0.25) is 0 Å². The molecule has 2 aromatic heterocycles. The van der Waals surface area contributed by atoms with Crippen LogP contribution in [-0.4, -0.2) is 15.9 Å². The van der Waals surface area contributed by atoms with Gasteiger partial charge in [0.1, 0.15) is 0 Å². The highest BCUT2D eigenvalue weighted by Crippen LogP contribution is 2.31. The molecule has 2 heterocycles. The summed E-state index contributed by atoms with van der Waals surface area (Å²) in [7, 11) is 0. The second-order valence-electron chi connectivity index (χ2n) is 5.61. The number of nitrogens with zero attached hydrogens (tertiary/aromatic N) is 1. The maximum Gasteiger partial charge on any atom is 0.257 e. The van der Waals surface area contributed by atoms with E-state index in [-0.39, 0.29) is 5.91 Å². The molecule has 2 N–H and O–H groups in total.